The fourth-order valence-electron chi connectivity index (χ4n) is 3.45. The fraction of sp³-hybridized carbons (Fsp3) is 0.143. The summed E-state index contributed by atoms with van der Waals surface area (Å²) in [6, 6.07) is 11.3. The van der Waals surface area contributed by atoms with Gasteiger partial charge in [0, 0.05) is 18.1 Å². The third kappa shape index (κ3) is 3.41. The number of carbonyl (C=O) groups is 3. The van der Waals surface area contributed by atoms with E-state index in [0.29, 0.717) is 0 Å². The second kappa shape index (κ2) is 7.43. The Morgan fingerprint density at radius 3 is 2.57 bits per heavy atom. The largest absolute Gasteiger partial charge is 0.477 e. The Kier molecular flexibility index (Phi) is 4.78. The third-order valence-electron chi connectivity index (χ3n) is 4.91. The number of hydrogen-bond acceptors (Lipinski definition) is 4. The zero-order valence-corrected chi connectivity index (χ0v) is 15.6. The number of pyridine rings is 1. The summed E-state index contributed by atoms with van der Waals surface area (Å²) >= 11 is 0. The number of halogens is 1. The highest BCUT2D eigenvalue weighted by molar-refractivity contribution is 6.05. The van der Waals surface area contributed by atoms with Crippen LogP contribution < -0.4 is 15.6 Å². The van der Waals surface area contributed by atoms with Gasteiger partial charge in [-0.3, -0.25) is 19.3 Å². The number of piperazine rings is 1. The number of aromatic nitrogens is 1. The number of hydrogen-bond donors (Lipinski definition) is 2. The summed E-state index contributed by atoms with van der Waals surface area (Å²) in [7, 11) is 0. The lowest BCUT2D eigenvalue weighted by Gasteiger charge is -2.27. The van der Waals surface area contributed by atoms with Crippen molar-refractivity contribution in [3.8, 4) is 0 Å². The number of amides is 2. The molecule has 0 aliphatic carbocycles. The Morgan fingerprint density at radius 2 is 1.87 bits per heavy atom. The Labute approximate surface area is 169 Å². The van der Waals surface area contributed by atoms with Crippen molar-refractivity contribution >= 4 is 34.4 Å². The number of carboxylic acids is 1. The van der Waals surface area contributed by atoms with Gasteiger partial charge in [-0.05, 0) is 17.7 Å². The quantitative estimate of drug-likeness (QED) is 0.676. The smallest absolute Gasteiger partial charge is 0.341 e. The van der Waals surface area contributed by atoms with Gasteiger partial charge in [0.2, 0.25) is 17.2 Å². The van der Waals surface area contributed by atoms with Crippen molar-refractivity contribution in [2.24, 2.45) is 0 Å². The summed E-state index contributed by atoms with van der Waals surface area (Å²) in [5.74, 6) is -3.24. The second-order valence-electron chi connectivity index (χ2n) is 6.87. The van der Waals surface area contributed by atoms with Crippen molar-refractivity contribution in [1.29, 1.82) is 0 Å². The first-order chi connectivity index (χ1) is 14.3. The zero-order chi connectivity index (χ0) is 21.4. The molecule has 4 rings (SSSR count). The molecule has 8 nitrogen and oxygen atoms in total. The highest BCUT2D eigenvalue weighted by Crippen LogP contribution is 2.26. The number of carbonyl (C=O) groups excluding carboxylic acids is 2. The first-order valence-electron chi connectivity index (χ1n) is 9.06. The number of anilines is 1. The highest BCUT2D eigenvalue weighted by Gasteiger charge is 2.28. The van der Waals surface area contributed by atoms with E-state index in [2.05, 4.69) is 5.32 Å². The van der Waals surface area contributed by atoms with Gasteiger partial charge in [-0.1, -0.05) is 30.3 Å². The number of benzene rings is 2. The molecule has 1 aliphatic rings. The predicted octanol–water partition coefficient (Wildman–Crippen LogP) is 1.35. The maximum atomic E-state index is 14.9. The minimum atomic E-state index is -1.42. The molecule has 2 heterocycles. The molecule has 1 saturated heterocycles. The molecule has 1 aliphatic heterocycles. The number of fused-ring (bicyclic) bond motifs is 1. The van der Waals surface area contributed by atoms with E-state index >= 15 is 0 Å². The minimum absolute atomic E-state index is 0.124. The summed E-state index contributed by atoms with van der Waals surface area (Å²) in [5, 5.41) is 11.7. The standard InChI is InChI=1S/C21H16FN3O5/c22-15-6-13-16(7-17(15)25-11-18(26)23-8-19(25)27)24(9-12-4-2-1-3-5-12)10-14(20(13)28)21(29)30/h1-7,10H,8-9,11H2,(H,23,26)(H,29,30). The lowest BCUT2D eigenvalue weighted by molar-refractivity contribution is -0.128. The summed E-state index contributed by atoms with van der Waals surface area (Å²) in [5.41, 5.74) is -0.372. The molecule has 1 aromatic heterocycles. The van der Waals surface area contributed by atoms with E-state index in [1.54, 1.807) is 0 Å². The van der Waals surface area contributed by atoms with E-state index in [1.807, 2.05) is 30.3 Å². The van der Waals surface area contributed by atoms with Crippen LogP contribution in [0.3, 0.4) is 0 Å². The normalized spacial score (nSPS) is 14.1. The van der Waals surface area contributed by atoms with Gasteiger partial charge >= 0.3 is 5.97 Å². The van der Waals surface area contributed by atoms with Crippen LogP contribution in [0.5, 0.6) is 0 Å². The highest BCUT2D eigenvalue weighted by atomic mass is 19.1. The second-order valence-corrected chi connectivity index (χ2v) is 6.87. The predicted molar refractivity (Wildman–Crippen MR) is 106 cm³/mol. The van der Waals surface area contributed by atoms with Crippen LogP contribution in [0, 0.1) is 5.82 Å². The van der Waals surface area contributed by atoms with Gasteiger partial charge in [-0.2, -0.15) is 0 Å². The third-order valence-corrected chi connectivity index (χ3v) is 4.91. The van der Waals surface area contributed by atoms with Gasteiger partial charge < -0.3 is 15.0 Å². The molecule has 152 valence electrons. The molecule has 2 amide bonds. The van der Waals surface area contributed by atoms with E-state index < -0.39 is 34.6 Å². The number of carboxylic acid groups (broad SMARTS) is 1. The topological polar surface area (TPSA) is 109 Å². The molecule has 9 heteroatoms. The van der Waals surface area contributed by atoms with Crippen molar-refractivity contribution in [2.75, 3.05) is 18.0 Å². The molecule has 3 aromatic rings. The molecular formula is C21H16FN3O5. The molecule has 2 N–H and O–H groups in total. The number of aromatic carboxylic acids is 1. The maximum absolute atomic E-state index is 14.9. The molecule has 0 unspecified atom stereocenters. The molecule has 0 atom stereocenters. The van der Waals surface area contributed by atoms with Gasteiger partial charge in [0.25, 0.3) is 0 Å². The Bertz CT molecular complexity index is 1250. The van der Waals surface area contributed by atoms with Crippen LogP contribution in [0.4, 0.5) is 10.1 Å². The number of nitrogens with one attached hydrogen (secondary N) is 1. The van der Waals surface area contributed by atoms with E-state index in [4.69, 9.17) is 0 Å². The van der Waals surface area contributed by atoms with Gasteiger partial charge in [0.05, 0.1) is 17.7 Å². The van der Waals surface area contributed by atoms with Gasteiger partial charge in [-0.25, -0.2) is 9.18 Å². The van der Waals surface area contributed by atoms with Crippen molar-refractivity contribution in [2.45, 2.75) is 6.54 Å². The van der Waals surface area contributed by atoms with Crippen LogP contribution in [0.15, 0.2) is 53.5 Å². The summed E-state index contributed by atoms with van der Waals surface area (Å²) in [6.45, 7) is -0.389. The van der Waals surface area contributed by atoms with Crippen molar-refractivity contribution < 1.29 is 23.9 Å². The molecule has 2 aromatic carbocycles. The minimum Gasteiger partial charge on any atom is -0.477 e. The van der Waals surface area contributed by atoms with Crippen molar-refractivity contribution in [3.05, 3.63) is 75.8 Å². The molecule has 0 radical (unpaired) electrons. The van der Waals surface area contributed by atoms with E-state index in [1.165, 1.54) is 16.8 Å². The molecule has 1 fully saturated rings. The first-order valence-corrected chi connectivity index (χ1v) is 9.06. The van der Waals surface area contributed by atoms with Crippen LogP contribution in [0.25, 0.3) is 10.9 Å². The summed E-state index contributed by atoms with van der Waals surface area (Å²) in [4.78, 5) is 49.1. The van der Waals surface area contributed by atoms with Crippen LogP contribution in [-0.4, -0.2) is 40.5 Å². The maximum Gasteiger partial charge on any atom is 0.341 e. The summed E-state index contributed by atoms with van der Waals surface area (Å²) in [6.07, 6.45) is 1.20. The average molecular weight is 409 g/mol. The number of rotatable bonds is 4. The fourth-order valence-corrected chi connectivity index (χ4v) is 3.45. The molecule has 0 bridgehead atoms. The SMILES string of the molecule is O=C1CN(c2cc3c(cc2F)c(=O)c(C(=O)O)cn3Cc2ccccc2)C(=O)CN1. The van der Waals surface area contributed by atoms with Crippen LogP contribution in [-0.2, 0) is 16.1 Å². The molecule has 0 spiro atoms. The van der Waals surface area contributed by atoms with Gasteiger partial charge in [0.15, 0.2) is 0 Å². The Hall–Kier alpha value is -4.01. The molecule has 30 heavy (non-hydrogen) atoms. The number of nitrogens with zero attached hydrogens (tertiary/aromatic N) is 2. The van der Waals surface area contributed by atoms with Gasteiger partial charge in [0.1, 0.15) is 17.9 Å². The van der Waals surface area contributed by atoms with E-state index in [9.17, 15) is 28.7 Å². The van der Waals surface area contributed by atoms with E-state index in [-0.39, 0.29) is 36.2 Å². The molecular weight excluding hydrogens is 393 g/mol. The molecule has 0 saturated carbocycles. The van der Waals surface area contributed by atoms with E-state index in [0.717, 1.165) is 16.5 Å². The van der Waals surface area contributed by atoms with Crippen molar-refractivity contribution in [1.82, 2.24) is 9.88 Å². The average Bonchev–Trinajstić information content (AvgIpc) is 2.72. The first kappa shape index (κ1) is 19.3. The lowest BCUT2D eigenvalue weighted by atomic mass is 10.1. The Morgan fingerprint density at radius 1 is 1.13 bits per heavy atom. The monoisotopic (exact) mass is 409 g/mol. The van der Waals surface area contributed by atoms with Crippen LogP contribution in [0.2, 0.25) is 0 Å². The van der Waals surface area contributed by atoms with Crippen LogP contribution in [0.1, 0.15) is 15.9 Å². The lowest BCUT2D eigenvalue weighted by Crippen LogP contribution is -2.52. The zero-order valence-electron chi connectivity index (χ0n) is 15.6. The van der Waals surface area contributed by atoms with Gasteiger partial charge in [-0.15, -0.1) is 0 Å². The van der Waals surface area contributed by atoms with Crippen molar-refractivity contribution in [3.63, 3.8) is 0 Å². The Balaban J connectivity index is 1.95. The van der Waals surface area contributed by atoms with Crippen LogP contribution >= 0.6 is 0 Å². The summed E-state index contributed by atoms with van der Waals surface area (Å²) < 4.78 is 16.4.